The summed E-state index contributed by atoms with van der Waals surface area (Å²) in [5.74, 6) is 2.66. The van der Waals surface area contributed by atoms with Crippen molar-refractivity contribution in [2.24, 2.45) is 7.05 Å². The lowest BCUT2D eigenvalue weighted by molar-refractivity contribution is 0.626. The highest BCUT2D eigenvalue weighted by molar-refractivity contribution is 5.23. The second kappa shape index (κ2) is 6.34. The van der Waals surface area contributed by atoms with Gasteiger partial charge in [0.1, 0.15) is 0 Å². The fourth-order valence-corrected chi connectivity index (χ4v) is 1.76. The molecule has 0 aliphatic heterocycles. The van der Waals surface area contributed by atoms with Crippen LogP contribution >= 0.6 is 0 Å². The zero-order chi connectivity index (χ0) is 12.0. The lowest BCUT2D eigenvalue weighted by Crippen LogP contribution is -2.15. The van der Waals surface area contributed by atoms with Crippen molar-refractivity contribution in [1.82, 2.24) is 15.1 Å². The van der Waals surface area contributed by atoms with E-state index in [1.807, 2.05) is 11.7 Å². The molecule has 0 saturated carbocycles. The number of aromatic nitrogens is 2. The van der Waals surface area contributed by atoms with Gasteiger partial charge in [0.2, 0.25) is 0 Å². The molecule has 0 aromatic carbocycles. The maximum absolute atomic E-state index is 5.20. The predicted molar refractivity (Wildman–Crippen MR) is 67.1 cm³/mol. The van der Waals surface area contributed by atoms with Crippen molar-refractivity contribution in [2.75, 3.05) is 6.54 Å². The molecule has 0 aliphatic carbocycles. The van der Waals surface area contributed by atoms with E-state index in [4.69, 9.17) is 6.42 Å². The molecule has 1 rings (SSSR count). The standard InChI is InChI=1S/C13H21N3/c1-5-6-7-8-9-14-10-13-11(2)15-16(4)12(13)3/h1,14H,6-10H2,2-4H3. The summed E-state index contributed by atoms with van der Waals surface area (Å²) in [5, 5.41) is 7.82. The molecule has 0 fully saturated rings. The molecule has 1 aromatic rings. The first kappa shape index (κ1) is 12.8. The van der Waals surface area contributed by atoms with Gasteiger partial charge in [-0.3, -0.25) is 4.68 Å². The van der Waals surface area contributed by atoms with Gasteiger partial charge in [-0.15, -0.1) is 12.3 Å². The number of nitrogens with one attached hydrogen (secondary N) is 1. The maximum atomic E-state index is 5.20. The summed E-state index contributed by atoms with van der Waals surface area (Å²) in [7, 11) is 1.98. The Balaban J connectivity index is 2.30. The molecule has 16 heavy (non-hydrogen) atoms. The van der Waals surface area contributed by atoms with Crippen molar-refractivity contribution >= 4 is 0 Å². The first-order valence-electron chi connectivity index (χ1n) is 5.80. The van der Waals surface area contributed by atoms with Gasteiger partial charge >= 0.3 is 0 Å². The summed E-state index contributed by atoms with van der Waals surface area (Å²) in [4.78, 5) is 0. The largest absolute Gasteiger partial charge is 0.313 e. The molecule has 88 valence electrons. The number of hydrogen-bond acceptors (Lipinski definition) is 2. The van der Waals surface area contributed by atoms with Gasteiger partial charge in [0.25, 0.3) is 0 Å². The second-order valence-electron chi connectivity index (χ2n) is 4.11. The minimum absolute atomic E-state index is 0.882. The van der Waals surface area contributed by atoms with Gasteiger partial charge in [-0.1, -0.05) is 0 Å². The molecule has 1 N–H and O–H groups in total. The Labute approximate surface area is 98.2 Å². The van der Waals surface area contributed by atoms with E-state index in [1.54, 1.807) is 0 Å². The van der Waals surface area contributed by atoms with Crippen LogP contribution in [0.5, 0.6) is 0 Å². The third-order valence-electron chi connectivity index (χ3n) is 2.89. The van der Waals surface area contributed by atoms with Gasteiger partial charge in [-0.2, -0.15) is 5.10 Å². The predicted octanol–water partition coefficient (Wildman–Crippen LogP) is 1.93. The molecular weight excluding hydrogens is 198 g/mol. The topological polar surface area (TPSA) is 29.9 Å². The first-order chi connectivity index (χ1) is 7.66. The molecule has 0 bridgehead atoms. The number of rotatable bonds is 6. The van der Waals surface area contributed by atoms with Crippen LogP contribution in [0.3, 0.4) is 0 Å². The molecule has 0 spiro atoms. The Kier molecular flexibility index (Phi) is 5.07. The van der Waals surface area contributed by atoms with Gasteiger partial charge in [0.05, 0.1) is 5.69 Å². The molecule has 0 amide bonds. The summed E-state index contributed by atoms with van der Waals surface area (Å²) in [6.45, 7) is 6.09. The number of aryl methyl sites for hydroxylation is 2. The molecule has 1 aromatic heterocycles. The molecule has 1 heterocycles. The number of nitrogens with zero attached hydrogens (tertiary/aromatic N) is 2. The van der Waals surface area contributed by atoms with Crippen LogP contribution in [0.1, 0.15) is 36.2 Å². The number of hydrogen-bond donors (Lipinski definition) is 1. The first-order valence-corrected chi connectivity index (χ1v) is 5.80. The van der Waals surface area contributed by atoms with Gasteiger partial charge in [0, 0.05) is 31.3 Å². The van der Waals surface area contributed by atoms with Crippen LogP contribution in [0.4, 0.5) is 0 Å². The van der Waals surface area contributed by atoms with E-state index in [2.05, 4.69) is 30.2 Å². The molecule has 3 heteroatoms. The molecule has 0 aliphatic rings. The van der Waals surface area contributed by atoms with Gasteiger partial charge in [-0.05, 0) is 33.2 Å². The number of terminal acetylenes is 1. The van der Waals surface area contributed by atoms with Gasteiger partial charge in [-0.25, -0.2) is 0 Å². The normalized spacial score (nSPS) is 10.4. The van der Waals surface area contributed by atoms with Crippen molar-refractivity contribution in [3.8, 4) is 12.3 Å². The summed E-state index contributed by atoms with van der Waals surface area (Å²) >= 11 is 0. The molecule has 0 radical (unpaired) electrons. The smallest absolute Gasteiger partial charge is 0.0641 e. The molecule has 0 saturated heterocycles. The van der Waals surface area contributed by atoms with E-state index in [9.17, 15) is 0 Å². The fourth-order valence-electron chi connectivity index (χ4n) is 1.76. The summed E-state index contributed by atoms with van der Waals surface area (Å²) in [5.41, 5.74) is 3.68. The Morgan fingerprint density at radius 3 is 2.69 bits per heavy atom. The van der Waals surface area contributed by atoms with Crippen LogP contribution in [0.15, 0.2) is 0 Å². The second-order valence-corrected chi connectivity index (χ2v) is 4.11. The van der Waals surface area contributed by atoms with E-state index in [0.717, 1.165) is 38.0 Å². The highest BCUT2D eigenvalue weighted by atomic mass is 15.3. The van der Waals surface area contributed by atoms with E-state index >= 15 is 0 Å². The van der Waals surface area contributed by atoms with E-state index in [-0.39, 0.29) is 0 Å². The minimum atomic E-state index is 0.882. The van der Waals surface area contributed by atoms with Crippen LogP contribution in [0.25, 0.3) is 0 Å². The van der Waals surface area contributed by atoms with E-state index < -0.39 is 0 Å². The highest BCUT2D eigenvalue weighted by Crippen LogP contribution is 2.11. The lowest BCUT2D eigenvalue weighted by atomic mass is 10.2. The SMILES string of the molecule is C#CCCCCNCc1c(C)nn(C)c1C. The Bertz CT molecular complexity index is 371. The quantitative estimate of drug-likeness (QED) is 0.585. The minimum Gasteiger partial charge on any atom is -0.313 e. The van der Waals surface area contributed by atoms with E-state index in [1.165, 1.54) is 11.3 Å². The fraction of sp³-hybridized carbons (Fsp3) is 0.615. The summed E-state index contributed by atoms with van der Waals surface area (Å²) in [6.07, 6.45) is 8.32. The Morgan fingerprint density at radius 2 is 2.12 bits per heavy atom. The van der Waals surface area contributed by atoms with Crippen molar-refractivity contribution in [3.05, 3.63) is 17.0 Å². The summed E-state index contributed by atoms with van der Waals surface area (Å²) in [6, 6.07) is 0. The Hall–Kier alpha value is -1.27. The van der Waals surface area contributed by atoms with Crippen molar-refractivity contribution in [3.63, 3.8) is 0 Å². The third-order valence-corrected chi connectivity index (χ3v) is 2.89. The molecule has 3 nitrogen and oxygen atoms in total. The molecular formula is C13H21N3. The average Bonchev–Trinajstić information content (AvgIpc) is 2.49. The van der Waals surface area contributed by atoms with Crippen LogP contribution in [0.2, 0.25) is 0 Å². The van der Waals surface area contributed by atoms with Crippen LogP contribution in [-0.4, -0.2) is 16.3 Å². The highest BCUT2D eigenvalue weighted by Gasteiger charge is 2.07. The van der Waals surface area contributed by atoms with Crippen molar-refractivity contribution in [1.29, 1.82) is 0 Å². The van der Waals surface area contributed by atoms with E-state index in [0.29, 0.717) is 0 Å². The Morgan fingerprint density at radius 1 is 1.38 bits per heavy atom. The van der Waals surface area contributed by atoms with Gasteiger partial charge < -0.3 is 5.32 Å². The van der Waals surface area contributed by atoms with Gasteiger partial charge in [0.15, 0.2) is 0 Å². The van der Waals surface area contributed by atoms with Crippen LogP contribution in [-0.2, 0) is 13.6 Å². The number of unbranched alkanes of at least 4 members (excludes halogenated alkanes) is 2. The average molecular weight is 219 g/mol. The third kappa shape index (κ3) is 3.39. The van der Waals surface area contributed by atoms with Crippen molar-refractivity contribution in [2.45, 2.75) is 39.7 Å². The van der Waals surface area contributed by atoms with Crippen LogP contribution in [0, 0.1) is 26.2 Å². The monoisotopic (exact) mass is 219 g/mol. The zero-order valence-corrected chi connectivity index (χ0v) is 10.5. The van der Waals surface area contributed by atoms with Crippen molar-refractivity contribution < 1.29 is 0 Å². The zero-order valence-electron chi connectivity index (χ0n) is 10.5. The molecule has 0 unspecified atom stereocenters. The maximum Gasteiger partial charge on any atom is 0.0641 e. The molecule has 0 atom stereocenters. The summed E-state index contributed by atoms with van der Waals surface area (Å²) < 4.78 is 1.94. The lowest BCUT2D eigenvalue weighted by Gasteiger charge is -2.04. The van der Waals surface area contributed by atoms with Crippen LogP contribution < -0.4 is 5.32 Å².